The van der Waals surface area contributed by atoms with Gasteiger partial charge in [-0.3, -0.25) is 0 Å². The Labute approximate surface area is 109 Å². The molecule has 0 amide bonds. The van der Waals surface area contributed by atoms with Crippen molar-refractivity contribution in [3.8, 4) is 0 Å². The van der Waals surface area contributed by atoms with Gasteiger partial charge in [-0.1, -0.05) is 33.8 Å². The first-order valence-electron chi connectivity index (χ1n) is 6.58. The molecular weight excluding hydrogens is 232 g/mol. The van der Waals surface area contributed by atoms with Crippen molar-refractivity contribution in [2.45, 2.75) is 46.6 Å². The molecule has 18 heavy (non-hydrogen) atoms. The quantitative estimate of drug-likeness (QED) is 0.812. The molecule has 1 N–H and O–H groups in total. The molecule has 0 bridgehead atoms. The Hall–Kier alpha value is -0.960. The van der Waals surface area contributed by atoms with Gasteiger partial charge in [-0.05, 0) is 42.5 Å². The highest BCUT2D eigenvalue weighted by Crippen LogP contribution is 2.27. The van der Waals surface area contributed by atoms with E-state index in [0.717, 1.165) is 18.5 Å². The summed E-state index contributed by atoms with van der Waals surface area (Å²) >= 11 is 0. The molecule has 0 aromatic heterocycles. The van der Waals surface area contributed by atoms with Crippen molar-refractivity contribution in [1.29, 1.82) is 0 Å². The van der Waals surface area contributed by atoms with Gasteiger partial charge >= 0.3 is 0 Å². The molecule has 3 heteroatoms. The first-order chi connectivity index (χ1) is 8.40. The third-order valence-corrected chi connectivity index (χ3v) is 3.73. The van der Waals surface area contributed by atoms with Crippen molar-refractivity contribution in [2.75, 3.05) is 6.54 Å². The molecule has 0 heterocycles. The van der Waals surface area contributed by atoms with Crippen LogP contribution in [0.15, 0.2) is 18.2 Å². The number of rotatable bonds is 6. The number of halogens is 2. The maximum absolute atomic E-state index is 13.2. The van der Waals surface area contributed by atoms with Gasteiger partial charge in [0.2, 0.25) is 0 Å². The Morgan fingerprint density at radius 3 is 2.33 bits per heavy atom. The lowest BCUT2D eigenvalue weighted by Gasteiger charge is -2.34. The van der Waals surface area contributed by atoms with Gasteiger partial charge in [0.1, 0.15) is 0 Å². The number of nitrogens with one attached hydrogen (secondary N) is 1. The molecule has 0 saturated heterocycles. The Kier molecular flexibility index (Phi) is 5.27. The molecule has 0 spiro atoms. The second kappa shape index (κ2) is 6.28. The second-order valence-corrected chi connectivity index (χ2v) is 5.40. The van der Waals surface area contributed by atoms with Crippen molar-refractivity contribution < 1.29 is 8.78 Å². The summed E-state index contributed by atoms with van der Waals surface area (Å²) in [5.74, 6) is -1.55. The highest BCUT2D eigenvalue weighted by atomic mass is 19.2. The predicted octanol–water partition coefficient (Wildman–Crippen LogP) is 3.92. The first kappa shape index (κ1) is 15.1. The van der Waals surface area contributed by atoms with Crippen LogP contribution in [-0.2, 0) is 6.42 Å². The zero-order valence-electron chi connectivity index (χ0n) is 11.7. The van der Waals surface area contributed by atoms with Gasteiger partial charge in [-0.2, -0.15) is 0 Å². The van der Waals surface area contributed by atoms with E-state index in [2.05, 4.69) is 33.0 Å². The maximum Gasteiger partial charge on any atom is 0.159 e. The summed E-state index contributed by atoms with van der Waals surface area (Å²) in [7, 11) is 0. The first-order valence-corrected chi connectivity index (χ1v) is 6.58. The fourth-order valence-corrected chi connectivity index (χ4v) is 2.02. The predicted molar refractivity (Wildman–Crippen MR) is 71.6 cm³/mol. The van der Waals surface area contributed by atoms with Crippen molar-refractivity contribution in [3.05, 3.63) is 35.4 Å². The molecule has 0 aliphatic carbocycles. The normalized spacial score (nSPS) is 13.7. The van der Waals surface area contributed by atoms with Crippen molar-refractivity contribution in [2.24, 2.45) is 5.41 Å². The molecule has 102 valence electrons. The Bertz CT molecular complexity index is 388. The molecule has 1 atom stereocenters. The Balaban J connectivity index is 2.86. The molecule has 1 aromatic carbocycles. The minimum atomic E-state index is -0.784. The lowest BCUT2D eigenvalue weighted by molar-refractivity contribution is 0.232. The van der Waals surface area contributed by atoms with E-state index in [1.54, 1.807) is 6.07 Å². The maximum atomic E-state index is 13.2. The minimum absolute atomic E-state index is 0.126. The molecule has 0 saturated carbocycles. The third-order valence-electron chi connectivity index (χ3n) is 3.73. The van der Waals surface area contributed by atoms with E-state index in [1.165, 1.54) is 12.1 Å². The van der Waals surface area contributed by atoms with E-state index in [0.29, 0.717) is 6.42 Å². The highest BCUT2D eigenvalue weighted by molar-refractivity contribution is 5.19. The van der Waals surface area contributed by atoms with Gasteiger partial charge in [0, 0.05) is 6.04 Å². The summed E-state index contributed by atoms with van der Waals surface area (Å²) in [6, 6.07) is 4.42. The number of hydrogen-bond donors (Lipinski definition) is 1. The van der Waals surface area contributed by atoms with Gasteiger partial charge in [-0.25, -0.2) is 8.78 Å². The molecule has 1 unspecified atom stereocenters. The van der Waals surface area contributed by atoms with Gasteiger partial charge in [-0.15, -0.1) is 0 Å². The highest BCUT2D eigenvalue weighted by Gasteiger charge is 2.27. The van der Waals surface area contributed by atoms with E-state index in [4.69, 9.17) is 0 Å². The average molecular weight is 255 g/mol. The molecular formula is C15H23F2N. The summed E-state index contributed by atoms with van der Waals surface area (Å²) < 4.78 is 26.1. The van der Waals surface area contributed by atoms with Crippen LogP contribution in [0.5, 0.6) is 0 Å². The number of benzene rings is 1. The largest absolute Gasteiger partial charge is 0.313 e. The van der Waals surface area contributed by atoms with Gasteiger partial charge in [0.15, 0.2) is 11.6 Å². The SMILES string of the molecule is CCNC(Cc1ccc(F)c(F)c1)C(C)(C)CC. The third kappa shape index (κ3) is 3.77. The van der Waals surface area contributed by atoms with Crippen LogP contribution in [0.3, 0.4) is 0 Å². The van der Waals surface area contributed by atoms with Crippen LogP contribution in [-0.4, -0.2) is 12.6 Å². The fraction of sp³-hybridized carbons (Fsp3) is 0.600. The van der Waals surface area contributed by atoms with Crippen LogP contribution < -0.4 is 5.32 Å². The van der Waals surface area contributed by atoms with Gasteiger partial charge < -0.3 is 5.32 Å². The molecule has 0 aliphatic rings. The van der Waals surface area contributed by atoms with Crippen molar-refractivity contribution in [1.82, 2.24) is 5.32 Å². The van der Waals surface area contributed by atoms with Crippen molar-refractivity contribution >= 4 is 0 Å². The smallest absolute Gasteiger partial charge is 0.159 e. The molecule has 0 radical (unpaired) electrons. The van der Waals surface area contributed by atoms with E-state index in [9.17, 15) is 8.78 Å². The zero-order valence-corrected chi connectivity index (χ0v) is 11.7. The lowest BCUT2D eigenvalue weighted by Crippen LogP contribution is -2.43. The van der Waals surface area contributed by atoms with E-state index in [-0.39, 0.29) is 11.5 Å². The van der Waals surface area contributed by atoms with E-state index < -0.39 is 11.6 Å². The van der Waals surface area contributed by atoms with Crippen LogP contribution in [0.1, 0.15) is 39.7 Å². The second-order valence-electron chi connectivity index (χ2n) is 5.40. The summed E-state index contributed by atoms with van der Waals surface area (Å²) in [6.45, 7) is 9.47. The van der Waals surface area contributed by atoms with E-state index in [1.807, 2.05) is 0 Å². The average Bonchev–Trinajstić information content (AvgIpc) is 2.33. The van der Waals surface area contributed by atoms with Crippen LogP contribution in [0.4, 0.5) is 8.78 Å². The molecule has 0 aliphatic heterocycles. The summed E-state index contributed by atoms with van der Waals surface area (Å²) in [5.41, 5.74) is 0.960. The molecule has 1 rings (SSSR count). The summed E-state index contributed by atoms with van der Waals surface area (Å²) in [5, 5.41) is 3.44. The van der Waals surface area contributed by atoms with E-state index >= 15 is 0 Å². The Morgan fingerprint density at radius 1 is 1.17 bits per heavy atom. The lowest BCUT2D eigenvalue weighted by atomic mass is 9.79. The standard InChI is InChI=1S/C15H23F2N/c1-5-15(3,4)14(18-6-2)10-11-7-8-12(16)13(17)9-11/h7-9,14,18H,5-6,10H2,1-4H3. The van der Waals surface area contributed by atoms with Crippen LogP contribution in [0, 0.1) is 17.0 Å². The molecule has 1 aromatic rings. The van der Waals surface area contributed by atoms with Crippen LogP contribution in [0.2, 0.25) is 0 Å². The molecule has 0 fully saturated rings. The summed E-state index contributed by atoms with van der Waals surface area (Å²) in [6.07, 6.45) is 1.75. The topological polar surface area (TPSA) is 12.0 Å². The van der Waals surface area contributed by atoms with Gasteiger partial charge in [0.05, 0.1) is 0 Å². The van der Waals surface area contributed by atoms with Crippen LogP contribution >= 0.6 is 0 Å². The molecule has 1 nitrogen and oxygen atoms in total. The minimum Gasteiger partial charge on any atom is -0.313 e. The Morgan fingerprint density at radius 2 is 1.83 bits per heavy atom. The fourth-order valence-electron chi connectivity index (χ4n) is 2.02. The van der Waals surface area contributed by atoms with Crippen molar-refractivity contribution in [3.63, 3.8) is 0 Å². The van der Waals surface area contributed by atoms with Crippen LogP contribution in [0.25, 0.3) is 0 Å². The van der Waals surface area contributed by atoms with Gasteiger partial charge in [0.25, 0.3) is 0 Å². The number of hydrogen-bond acceptors (Lipinski definition) is 1. The monoisotopic (exact) mass is 255 g/mol. The summed E-state index contributed by atoms with van der Waals surface area (Å²) in [4.78, 5) is 0. The number of likely N-dealkylation sites (N-methyl/N-ethyl adjacent to an activating group) is 1. The zero-order chi connectivity index (χ0) is 13.8.